The number of carbonyl (C=O) groups excluding carboxylic acids is 1. The molecule has 1 saturated heterocycles. The third-order valence-electron chi connectivity index (χ3n) is 3.77. The number of benzene rings is 1. The Hall–Kier alpha value is -1.22. The highest BCUT2D eigenvalue weighted by Crippen LogP contribution is 2.19. The molecular weight excluding hydrogens is 357 g/mol. The SMILES string of the molecule is CC(N)CCNS(=O)(=O)c1ccc(C(=O)N2CCCC2)c(F)c1.Cl. The van der Waals surface area contributed by atoms with E-state index in [1.807, 2.05) is 0 Å². The van der Waals surface area contributed by atoms with Gasteiger partial charge in [0.2, 0.25) is 10.0 Å². The molecule has 1 aromatic rings. The summed E-state index contributed by atoms with van der Waals surface area (Å²) in [5.74, 6) is -1.22. The zero-order valence-corrected chi connectivity index (χ0v) is 15.1. The highest BCUT2D eigenvalue weighted by molar-refractivity contribution is 7.89. The van der Waals surface area contributed by atoms with Gasteiger partial charge in [0.25, 0.3) is 5.91 Å². The normalized spacial score (nSPS) is 15.9. The maximum absolute atomic E-state index is 14.2. The smallest absolute Gasteiger partial charge is 0.256 e. The molecule has 6 nitrogen and oxygen atoms in total. The van der Waals surface area contributed by atoms with Crippen LogP contribution in [0.25, 0.3) is 0 Å². The fourth-order valence-electron chi connectivity index (χ4n) is 2.43. The lowest BCUT2D eigenvalue weighted by Crippen LogP contribution is -2.30. The molecule has 1 unspecified atom stereocenters. The first kappa shape index (κ1) is 20.8. The van der Waals surface area contributed by atoms with Crippen LogP contribution in [-0.4, -0.2) is 44.9 Å². The van der Waals surface area contributed by atoms with E-state index >= 15 is 0 Å². The van der Waals surface area contributed by atoms with E-state index in [1.165, 1.54) is 12.1 Å². The first-order valence-electron chi connectivity index (χ1n) is 7.65. The molecule has 1 aromatic carbocycles. The largest absolute Gasteiger partial charge is 0.339 e. The van der Waals surface area contributed by atoms with Gasteiger partial charge in [-0.25, -0.2) is 17.5 Å². The van der Waals surface area contributed by atoms with Gasteiger partial charge in [0, 0.05) is 25.7 Å². The maximum Gasteiger partial charge on any atom is 0.256 e. The molecule has 9 heteroatoms. The van der Waals surface area contributed by atoms with Crippen molar-refractivity contribution in [1.82, 2.24) is 9.62 Å². The van der Waals surface area contributed by atoms with E-state index < -0.39 is 21.7 Å². The number of nitrogens with zero attached hydrogens (tertiary/aromatic N) is 1. The van der Waals surface area contributed by atoms with Crippen molar-refractivity contribution in [2.75, 3.05) is 19.6 Å². The number of sulfonamides is 1. The number of carbonyl (C=O) groups is 1. The third-order valence-corrected chi connectivity index (χ3v) is 5.22. The summed E-state index contributed by atoms with van der Waals surface area (Å²) in [5, 5.41) is 0. The Bertz CT molecular complexity index is 677. The van der Waals surface area contributed by atoms with Crippen LogP contribution in [0.2, 0.25) is 0 Å². The Labute approximate surface area is 148 Å². The molecule has 1 aliphatic rings. The number of rotatable bonds is 6. The van der Waals surface area contributed by atoms with Crippen LogP contribution >= 0.6 is 12.4 Å². The van der Waals surface area contributed by atoms with Crippen LogP contribution in [0.4, 0.5) is 4.39 Å². The topological polar surface area (TPSA) is 92.5 Å². The van der Waals surface area contributed by atoms with Crippen molar-refractivity contribution in [1.29, 1.82) is 0 Å². The first-order chi connectivity index (χ1) is 10.8. The number of likely N-dealkylation sites (tertiary alicyclic amines) is 1. The molecule has 0 bridgehead atoms. The molecule has 0 radical (unpaired) electrons. The number of nitrogens with two attached hydrogens (primary N) is 1. The predicted molar refractivity (Wildman–Crippen MR) is 92.2 cm³/mol. The highest BCUT2D eigenvalue weighted by Gasteiger charge is 2.24. The molecule has 1 amide bonds. The maximum atomic E-state index is 14.2. The molecule has 136 valence electrons. The van der Waals surface area contributed by atoms with Gasteiger partial charge in [0.05, 0.1) is 10.5 Å². The fourth-order valence-corrected chi connectivity index (χ4v) is 3.49. The van der Waals surface area contributed by atoms with Crippen molar-refractivity contribution in [3.63, 3.8) is 0 Å². The summed E-state index contributed by atoms with van der Waals surface area (Å²) in [4.78, 5) is 13.6. The molecule has 0 saturated carbocycles. The molecule has 1 atom stereocenters. The fraction of sp³-hybridized carbons (Fsp3) is 0.533. The first-order valence-corrected chi connectivity index (χ1v) is 9.13. The minimum atomic E-state index is -3.81. The van der Waals surface area contributed by atoms with Crippen molar-refractivity contribution < 1.29 is 17.6 Å². The van der Waals surface area contributed by atoms with Gasteiger partial charge in [-0.2, -0.15) is 0 Å². The van der Waals surface area contributed by atoms with Crippen molar-refractivity contribution in [2.45, 2.75) is 37.1 Å². The minimum absolute atomic E-state index is 0. The van der Waals surface area contributed by atoms with Crippen LogP contribution < -0.4 is 10.5 Å². The van der Waals surface area contributed by atoms with E-state index in [2.05, 4.69) is 4.72 Å². The molecule has 3 N–H and O–H groups in total. The standard InChI is InChI=1S/C15H22FN3O3S.ClH/c1-11(17)6-7-18-23(21,22)12-4-5-13(14(16)10-12)15(20)19-8-2-3-9-19;/h4-5,10-11,18H,2-3,6-9,17H2,1H3;1H. The van der Waals surface area contributed by atoms with Crippen LogP contribution in [0, 0.1) is 5.82 Å². The van der Waals surface area contributed by atoms with Crippen LogP contribution in [0.1, 0.15) is 36.5 Å². The van der Waals surface area contributed by atoms with Crippen molar-refractivity contribution >= 4 is 28.3 Å². The lowest BCUT2D eigenvalue weighted by molar-refractivity contribution is 0.0788. The number of amides is 1. The van der Waals surface area contributed by atoms with Gasteiger partial charge in [-0.05, 0) is 44.4 Å². The Morgan fingerprint density at radius 1 is 1.38 bits per heavy atom. The van der Waals surface area contributed by atoms with Crippen molar-refractivity contribution in [3.8, 4) is 0 Å². The molecule has 24 heavy (non-hydrogen) atoms. The lowest BCUT2D eigenvalue weighted by atomic mass is 10.2. The third kappa shape index (κ3) is 5.14. The number of nitrogens with one attached hydrogen (secondary N) is 1. The summed E-state index contributed by atoms with van der Waals surface area (Å²) in [5.41, 5.74) is 5.46. The van der Waals surface area contributed by atoms with Crippen LogP contribution in [0.5, 0.6) is 0 Å². The minimum Gasteiger partial charge on any atom is -0.339 e. The second kappa shape index (κ2) is 8.75. The Kier molecular flexibility index (Phi) is 7.59. The van der Waals surface area contributed by atoms with Crippen LogP contribution in [0.15, 0.2) is 23.1 Å². The van der Waals surface area contributed by atoms with E-state index in [-0.39, 0.29) is 35.5 Å². The zero-order valence-electron chi connectivity index (χ0n) is 13.5. The molecule has 0 aliphatic carbocycles. The zero-order chi connectivity index (χ0) is 17.0. The van der Waals surface area contributed by atoms with Gasteiger partial charge in [-0.15, -0.1) is 12.4 Å². The summed E-state index contributed by atoms with van der Waals surface area (Å²) < 4.78 is 40.7. The quantitative estimate of drug-likeness (QED) is 0.783. The highest BCUT2D eigenvalue weighted by atomic mass is 35.5. The van der Waals surface area contributed by atoms with E-state index in [9.17, 15) is 17.6 Å². The summed E-state index contributed by atoms with van der Waals surface area (Å²) in [7, 11) is -3.81. The van der Waals surface area contributed by atoms with Gasteiger partial charge >= 0.3 is 0 Å². The van der Waals surface area contributed by atoms with Gasteiger partial charge in [-0.1, -0.05) is 0 Å². The van der Waals surface area contributed by atoms with Crippen LogP contribution in [0.3, 0.4) is 0 Å². The summed E-state index contributed by atoms with van der Waals surface area (Å²) in [6.45, 7) is 3.16. The van der Waals surface area contributed by atoms with Crippen LogP contribution in [-0.2, 0) is 10.0 Å². The predicted octanol–water partition coefficient (Wildman–Crippen LogP) is 1.50. The molecule has 0 spiro atoms. The summed E-state index contributed by atoms with van der Waals surface area (Å²) >= 11 is 0. The summed E-state index contributed by atoms with van der Waals surface area (Å²) in [6, 6.07) is 3.24. The number of halogens is 2. The average molecular weight is 380 g/mol. The average Bonchev–Trinajstić information content (AvgIpc) is 3.00. The Morgan fingerprint density at radius 2 is 2.00 bits per heavy atom. The molecular formula is C15H23ClFN3O3S. The van der Waals surface area contributed by atoms with Gasteiger partial charge in [-0.3, -0.25) is 4.79 Å². The van der Waals surface area contributed by atoms with E-state index in [4.69, 9.17) is 5.73 Å². The van der Waals surface area contributed by atoms with Gasteiger partial charge in [0.15, 0.2) is 0 Å². The van der Waals surface area contributed by atoms with Gasteiger partial charge in [0.1, 0.15) is 5.82 Å². The second-order valence-electron chi connectivity index (χ2n) is 5.80. The summed E-state index contributed by atoms with van der Waals surface area (Å²) in [6.07, 6.45) is 2.29. The molecule has 2 rings (SSSR count). The number of hydrogen-bond donors (Lipinski definition) is 2. The lowest BCUT2D eigenvalue weighted by Gasteiger charge is -2.16. The van der Waals surface area contributed by atoms with E-state index in [0.717, 1.165) is 18.9 Å². The molecule has 1 aliphatic heterocycles. The molecule has 1 heterocycles. The van der Waals surface area contributed by atoms with Crippen molar-refractivity contribution in [3.05, 3.63) is 29.6 Å². The van der Waals surface area contributed by atoms with Gasteiger partial charge < -0.3 is 10.6 Å². The monoisotopic (exact) mass is 379 g/mol. The number of hydrogen-bond acceptors (Lipinski definition) is 4. The molecule has 0 aromatic heterocycles. The van der Waals surface area contributed by atoms with E-state index in [0.29, 0.717) is 19.5 Å². The Balaban J connectivity index is 0.00000288. The Morgan fingerprint density at radius 3 is 2.54 bits per heavy atom. The molecule has 1 fully saturated rings. The van der Waals surface area contributed by atoms with E-state index in [1.54, 1.807) is 11.8 Å². The van der Waals surface area contributed by atoms with Crippen molar-refractivity contribution in [2.24, 2.45) is 5.73 Å². The second-order valence-corrected chi connectivity index (χ2v) is 7.57.